The lowest BCUT2D eigenvalue weighted by Crippen LogP contribution is -2.50. The number of nitrogens with one attached hydrogen (secondary N) is 2. The molecule has 2 N–H and O–H groups in total. The highest BCUT2D eigenvalue weighted by molar-refractivity contribution is 7.26. The lowest BCUT2D eigenvalue weighted by Gasteiger charge is -2.35. The zero-order chi connectivity index (χ0) is 38.2. The first kappa shape index (κ1) is 33.6. The number of aliphatic imine (C=N–C) groups is 1. The van der Waals surface area contributed by atoms with E-state index in [-0.39, 0.29) is 24.2 Å². The van der Waals surface area contributed by atoms with Crippen LogP contribution in [-0.2, 0) is 6.42 Å². The Labute approximate surface area is 340 Å². The Kier molecular flexibility index (Phi) is 7.85. The summed E-state index contributed by atoms with van der Waals surface area (Å²) in [5, 5.41) is 12.6. The second-order valence-corrected chi connectivity index (χ2v) is 16.8. The Hall–Kier alpha value is -6.53. The third kappa shape index (κ3) is 5.34. The van der Waals surface area contributed by atoms with Crippen LogP contribution in [0.5, 0.6) is 0 Å². The molecule has 0 amide bonds. The molecule has 0 radical (unpaired) electrons. The summed E-state index contributed by atoms with van der Waals surface area (Å²) in [6, 6.07) is 55.2. The minimum Gasteiger partial charge on any atom is -0.455 e. The number of nitrogens with zero attached hydrogens (tertiary/aromatic N) is 1. The molecule has 4 nitrogen and oxygen atoms in total. The first-order valence-electron chi connectivity index (χ1n) is 20.3. The van der Waals surface area contributed by atoms with Gasteiger partial charge in [0.05, 0.1) is 0 Å². The lowest BCUT2D eigenvalue weighted by molar-refractivity contribution is 0.340. The van der Waals surface area contributed by atoms with Crippen LogP contribution < -0.4 is 10.6 Å². The average Bonchev–Trinajstić information content (AvgIpc) is 3.88. The second-order valence-electron chi connectivity index (χ2n) is 15.8. The van der Waals surface area contributed by atoms with Gasteiger partial charge in [-0.25, -0.2) is 4.99 Å². The van der Waals surface area contributed by atoms with E-state index in [9.17, 15) is 0 Å². The minimum atomic E-state index is -0.175. The van der Waals surface area contributed by atoms with Gasteiger partial charge in [-0.1, -0.05) is 164 Å². The zero-order valence-corrected chi connectivity index (χ0v) is 32.5. The maximum Gasteiger partial charge on any atom is 0.143 e. The van der Waals surface area contributed by atoms with Crippen LogP contribution in [0.15, 0.2) is 185 Å². The Morgan fingerprint density at radius 3 is 2.24 bits per heavy atom. The topological polar surface area (TPSA) is 49.6 Å². The predicted molar refractivity (Wildman–Crippen MR) is 242 cm³/mol. The third-order valence-electron chi connectivity index (χ3n) is 12.5. The number of amidine groups is 1. The highest BCUT2D eigenvalue weighted by atomic mass is 32.1. The van der Waals surface area contributed by atoms with Crippen LogP contribution in [-0.4, -0.2) is 12.0 Å². The van der Waals surface area contributed by atoms with E-state index in [1.54, 1.807) is 0 Å². The number of rotatable bonds is 5. The van der Waals surface area contributed by atoms with Crippen molar-refractivity contribution in [1.82, 2.24) is 10.6 Å². The van der Waals surface area contributed by atoms with Crippen LogP contribution in [0.2, 0.25) is 0 Å². The van der Waals surface area contributed by atoms with Crippen molar-refractivity contribution < 1.29 is 4.42 Å². The maximum absolute atomic E-state index is 6.94. The molecular formula is C53H39N3OS. The third-order valence-corrected chi connectivity index (χ3v) is 13.7. The van der Waals surface area contributed by atoms with Crippen molar-refractivity contribution in [3.05, 3.63) is 204 Å². The van der Waals surface area contributed by atoms with Gasteiger partial charge in [-0.15, -0.1) is 11.3 Å². The molecule has 9 aromatic rings. The van der Waals surface area contributed by atoms with E-state index in [0.717, 1.165) is 57.3 Å². The van der Waals surface area contributed by atoms with Crippen LogP contribution in [0.4, 0.5) is 0 Å². The summed E-state index contributed by atoms with van der Waals surface area (Å²) >= 11 is 1.90. The quantitative estimate of drug-likeness (QED) is 0.183. The smallest absolute Gasteiger partial charge is 0.143 e. The molecule has 3 unspecified atom stereocenters. The number of thiophene rings is 1. The summed E-state index contributed by atoms with van der Waals surface area (Å²) in [7, 11) is 0. The molecule has 2 aromatic heterocycles. The van der Waals surface area contributed by atoms with Gasteiger partial charge in [0.25, 0.3) is 0 Å². The molecule has 5 heteroatoms. The summed E-state index contributed by atoms with van der Waals surface area (Å²) in [6.07, 6.45) is 10.5. The first-order chi connectivity index (χ1) is 28.8. The molecule has 3 heterocycles. The summed E-state index contributed by atoms with van der Waals surface area (Å²) in [4.78, 5) is 5.23. The predicted octanol–water partition coefficient (Wildman–Crippen LogP) is 13.1. The number of fused-ring (bicyclic) bond motifs is 9. The highest BCUT2D eigenvalue weighted by Gasteiger charge is 2.32. The summed E-state index contributed by atoms with van der Waals surface area (Å²) in [5.41, 5.74) is 13.3. The van der Waals surface area contributed by atoms with Crippen molar-refractivity contribution in [1.29, 1.82) is 0 Å². The molecule has 58 heavy (non-hydrogen) atoms. The van der Waals surface area contributed by atoms with E-state index in [1.165, 1.54) is 53.6 Å². The standard InChI is InChI=1S/C53H39N3OS/c1-3-15-32(16-4-1)51-54-52(33-17-5-2-6-18-33)56-53(55-51)43-28-13-29-45-47(43)41-26-11-24-39(49(41)57-45)40-25-12-27-42-48-38(23-14-30-46(48)58-50(40)42)44-31-34-19-7-8-20-35(34)36-21-9-10-22-37(36)44/h1-17,19-30,33,44,52-53,56H,18,31H2,(H,54,55)/t33?,44-,52?,53?/m0/s1. The molecule has 12 rings (SSSR count). The van der Waals surface area contributed by atoms with Crippen molar-refractivity contribution in [3.8, 4) is 22.3 Å². The lowest BCUT2D eigenvalue weighted by atomic mass is 9.75. The van der Waals surface area contributed by atoms with Crippen LogP contribution in [0, 0.1) is 5.92 Å². The molecule has 278 valence electrons. The first-order valence-corrected chi connectivity index (χ1v) is 21.1. The fraction of sp³-hybridized carbons (Fsp3) is 0.113. The number of hydrogen-bond acceptors (Lipinski definition) is 5. The zero-order valence-electron chi connectivity index (χ0n) is 31.7. The van der Waals surface area contributed by atoms with Gasteiger partial charge in [0, 0.05) is 65.0 Å². The van der Waals surface area contributed by atoms with Crippen LogP contribution in [0.1, 0.15) is 46.3 Å². The molecule has 0 fully saturated rings. The monoisotopic (exact) mass is 765 g/mol. The van der Waals surface area contributed by atoms with Crippen molar-refractivity contribution in [2.45, 2.75) is 31.1 Å². The summed E-state index contributed by atoms with van der Waals surface area (Å²) in [6.45, 7) is 0. The molecule has 2 aliphatic carbocycles. The van der Waals surface area contributed by atoms with Gasteiger partial charge in [-0.2, -0.15) is 0 Å². The fourth-order valence-electron chi connectivity index (χ4n) is 9.86. The summed E-state index contributed by atoms with van der Waals surface area (Å²) < 4.78 is 9.55. The van der Waals surface area contributed by atoms with Crippen LogP contribution >= 0.6 is 11.3 Å². The van der Waals surface area contributed by atoms with E-state index in [1.807, 2.05) is 11.3 Å². The van der Waals surface area contributed by atoms with Crippen molar-refractivity contribution in [2.75, 3.05) is 0 Å². The summed E-state index contributed by atoms with van der Waals surface area (Å²) in [5.74, 6) is 1.43. The Bertz CT molecular complexity index is 3170. The molecule has 7 aromatic carbocycles. The molecule has 0 saturated carbocycles. The van der Waals surface area contributed by atoms with Gasteiger partial charge in [-0.05, 0) is 52.8 Å². The van der Waals surface area contributed by atoms with Gasteiger partial charge in [0.15, 0.2) is 0 Å². The molecule has 4 atom stereocenters. The van der Waals surface area contributed by atoms with Crippen molar-refractivity contribution >= 4 is 59.3 Å². The maximum atomic E-state index is 6.94. The van der Waals surface area contributed by atoms with Crippen molar-refractivity contribution in [2.24, 2.45) is 10.9 Å². The number of para-hydroxylation sites is 1. The number of allylic oxidation sites excluding steroid dienone is 3. The largest absolute Gasteiger partial charge is 0.455 e. The number of hydrogen-bond donors (Lipinski definition) is 2. The molecule has 0 saturated heterocycles. The Balaban J connectivity index is 0.989. The Morgan fingerprint density at radius 1 is 0.603 bits per heavy atom. The molecule has 1 aliphatic heterocycles. The minimum absolute atomic E-state index is 0.0843. The second kappa shape index (κ2) is 13.6. The number of furan rings is 1. The fourth-order valence-corrected chi connectivity index (χ4v) is 11.1. The normalized spacial score (nSPS) is 20.0. The van der Waals surface area contributed by atoms with Crippen LogP contribution in [0.3, 0.4) is 0 Å². The van der Waals surface area contributed by atoms with Crippen LogP contribution in [0.25, 0.3) is 64.4 Å². The average molecular weight is 766 g/mol. The molecule has 0 bridgehead atoms. The van der Waals surface area contributed by atoms with E-state index in [4.69, 9.17) is 9.41 Å². The van der Waals surface area contributed by atoms with Gasteiger partial charge in [0.1, 0.15) is 29.3 Å². The highest BCUT2D eigenvalue weighted by Crippen LogP contribution is 2.49. The van der Waals surface area contributed by atoms with E-state index in [2.05, 4.69) is 187 Å². The van der Waals surface area contributed by atoms with E-state index >= 15 is 0 Å². The SMILES string of the molecule is C1=CCC(C2N=C(c3ccccc3)NC(c3cccc4oc5c(-c6cccc7c6sc6cccc([C@H]8Cc9ccccc9-c9ccccc98)c67)cccc5c34)N2)C=C1. The van der Waals surface area contributed by atoms with Crippen molar-refractivity contribution in [3.63, 3.8) is 0 Å². The Morgan fingerprint density at radius 2 is 1.34 bits per heavy atom. The van der Waals surface area contributed by atoms with E-state index in [0.29, 0.717) is 0 Å². The molecular weight excluding hydrogens is 727 g/mol. The van der Waals surface area contributed by atoms with Gasteiger partial charge in [0.2, 0.25) is 0 Å². The van der Waals surface area contributed by atoms with Gasteiger partial charge < -0.3 is 9.73 Å². The molecule has 0 spiro atoms. The van der Waals surface area contributed by atoms with E-state index < -0.39 is 0 Å². The number of benzene rings is 7. The molecule has 3 aliphatic rings. The van der Waals surface area contributed by atoms with Gasteiger partial charge >= 0.3 is 0 Å². The van der Waals surface area contributed by atoms with Gasteiger partial charge in [-0.3, -0.25) is 5.32 Å².